The van der Waals surface area contributed by atoms with Crippen LogP contribution in [0.25, 0.3) is 0 Å². The Balaban J connectivity index is 2.10. The molecule has 1 saturated heterocycles. The van der Waals surface area contributed by atoms with Crippen LogP contribution in [0.3, 0.4) is 0 Å². The van der Waals surface area contributed by atoms with Gasteiger partial charge in [0.05, 0.1) is 5.41 Å². The summed E-state index contributed by atoms with van der Waals surface area (Å²) >= 11 is 0. The zero-order valence-corrected chi connectivity index (χ0v) is 12.5. The standard InChI is InChI=1S/C18H20O3/c1-16(2)17(3,14-10-6-4-7-11-14)20-21-18(16,19)15-12-8-5-9-13-15/h4-13,19H,1-3H3. The van der Waals surface area contributed by atoms with Gasteiger partial charge in [-0.1, -0.05) is 74.5 Å². The maximum atomic E-state index is 11.1. The lowest BCUT2D eigenvalue weighted by Crippen LogP contribution is -2.47. The van der Waals surface area contributed by atoms with Crippen LogP contribution >= 0.6 is 0 Å². The van der Waals surface area contributed by atoms with Gasteiger partial charge in [-0.05, 0) is 12.5 Å². The molecule has 1 N–H and O–H groups in total. The maximum Gasteiger partial charge on any atom is 0.233 e. The average Bonchev–Trinajstić information content (AvgIpc) is 2.71. The van der Waals surface area contributed by atoms with E-state index in [9.17, 15) is 5.11 Å². The zero-order chi connectivity index (χ0) is 15.1. The smallest absolute Gasteiger partial charge is 0.233 e. The van der Waals surface area contributed by atoms with Crippen LogP contribution < -0.4 is 0 Å². The summed E-state index contributed by atoms with van der Waals surface area (Å²) in [5.74, 6) is -1.50. The van der Waals surface area contributed by atoms with Gasteiger partial charge in [-0.2, -0.15) is 4.89 Å². The van der Waals surface area contributed by atoms with Gasteiger partial charge >= 0.3 is 0 Å². The Morgan fingerprint density at radius 2 is 1.19 bits per heavy atom. The molecule has 2 atom stereocenters. The highest BCUT2D eigenvalue weighted by molar-refractivity contribution is 5.31. The van der Waals surface area contributed by atoms with Crippen LogP contribution in [0.5, 0.6) is 0 Å². The molecular formula is C18H20O3. The van der Waals surface area contributed by atoms with Gasteiger partial charge in [0, 0.05) is 5.56 Å². The molecule has 3 heteroatoms. The molecule has 21 heavy (non-hydrogen) atoms. The summed E-state index contributed by atoms with van der Waals surface area (Å²) in [4.78, 5) is 11.1. The largest absolute Gasteiger partial charge is 0.359 e. The van der Waals surface area contributed by atoms with Crippen LogP contribution in [0.15, 0.2) is 60.7 Å². The summed E-state index contributed by atoms with van der Waals surface area (Å²) in [5.41, 5.74) is 0.234. The van der Waals surface area contributed by atoms with Crippen LogP contribution in [0.4, 0.5) is 0 Å². The summed E-state index contributed by atoms with van der Waals surface area (Å²) in [6.45, 7) is 5.86. The molecule has 0 aromatic heterocycles. The molecule has 2 aromatic carbocycles. The van der Waals surface area contributed by atoms with Gasteiger partial charge < -0.3 is 5.11 Å². The van der Waals surface area contributed by atoms with Crippen LogP contribution in [-0.2, 0) is 21.2 Å². The van der Waals surface area contributed by atoms with Gasteiger partial charge in [0.15, 0.2) is 0 Å². The van der Waals surface area contributed by atoms with E-state index in [1.165, 1.54) is 0 Å². The molecule has 3 rings (SSSR count). The number of rotatable bonds is 2. The fourth-order valence-electron chi connectivity index (χ4n) is 2.91. The predicted molar refractivity (Wildman–Crippen MR) is 80.1 cm³/mol. The fraction of sp³-hybridized carbons (Fsp3) is 0.333. The van der Waals surface area contributed by atoms with E-state index in [4.69, 9.17) is 9.78 Å². The molecule has 0 radical (unpaired) electrons. The molecule has 0 amide bonds. The van der Waals surface area contributed by atoms with Crippen molar-refractivity contribution in [2.45, 2.75) is 32.2 Å². The molecule has 1 heterocycles. The highest BCUT2D eigenvalue weighted by atomic mass is 17.2. The Labute approximate surface area is 125 Å². The Bertz CT molecular complexity index is 568. The second kappa shape index (κ2) is 4.67. The average molecular weight is 284 g/mol. The molecule has 0 aliphatic carbocycles. The van der Waals surface area contributed by atoms with Crippen LogP contribution in [-0.4, -0.2) is 5.11 Å². The van der Waals surface area contributed by atoms with E-state index in [2.05, 4.69) is 0 Å². The topological polar surface area (TPSA) is 38.7 Å². The van der Waals surface area contributed by atoms with Crippen LogP contribution in [0.1, 0.15) is 31.9 Å². The van der Waals surface area contributed by atoms with Gasteiger partial charge in [-0.3, -0.25) is 0 Å². The normalized spacial score (nSPS) is 31.2. The summed E-state index contributed by atoms with van der Waals surface area (Å²) in [6, 6.07) is 19.2. The number of hydrogen-bond donors (Lipinski definition) is 1. The van der Waals surface area contributed by atoms with Crippen molar-refractivity contribution in [2.75, 3.05) is 0 Å². The van der Waals surface area contributed by atoms with Gasteiger partial charge in [0.25, 0.3) is 0 Å². The van der Waals surface area contributed by atoms with Crippen molar-refractivity contribution in [3.05, 3.63) is 71.8 Å². The summed E-state index contributed by atoms with van der Waals surface area (Å²) in [7, 11) is 0. The number of aliphatic hydroxyl groups is 1. The lowest BCUT2D eigenvalue weighted by Gasteiger charge is -2.40. The maximum absolute atomic E-state index is 11.1. The first-order valence-electron chi connectivity index (χ1n) is 7.12. The highest BCUT2D eigenvalue weighted by Gasteiger charge is 2.65. The molecule has 110 valence electrons. The summed E-state index contributed by atoms with van der Waals surface area (Å²) in [5, 5.41) is 11.1. The molecule has 3 nitrogen and oxygen atoms in total. The van der Waals surface area contributed by atoms with Crippen molar-refractivity contribution in [2.24, 2.45) is 5.41 Å². The minimum absolute atomic E-state index is 0.678. The molecule has 1 aliphatic heterocycles. The zero-order valence-electron chi connectivity index (χ0n) is 12.5. The monoisotopic (exact) mass is 284 g/mol. The van der Waals surface area contributed by atoms with Gasteiger partial charge in [0.1, 0.15) is 5.60 Å². The molecule has 2 aromatic rings. The Morgan fingerprint density at radius 1 is 0.714 bits per heavy atom. The summed E-state index contributed by atoms with van der Waals surface area (Å²) in [6.07, 6.45) is 0. The van der Waals surface area contributed by atoms with Crippen molar-refractivity contribution in [1.29, 1.82) is 0 Å². The first-order valence-corrected chi connectivity index (χ1v) is 7.12. The first-order chi connectivity index (χ1) is 9.92. The molecule has 2 unspecified atom stereocenters. The Kier molecular flexibility index (Phi) is 3.17. The lowest BCUT2D eigenvalue weighted by atomic mass is 9.65. The molecule has 1 aliphatic rings. The SMILES string of the molecule is CC1(c2ccccc2)OOC(O)(c2ccccc2)C1(C)C. The third-order valence-electron chi connectivity index (χ3n) is 4.86. The molecule has 0 spiro atoms. The van der Waals surface area contributed by atoms with Crippen molar-refractivity contribution in [3.63, 3.8) is 0 Å². The van der Waals surface area contributed by atoms with Gasteiger partial charge in [-0.15, -0.1) is 0 Å². The van der Waals surface area contributed by atoms with E-state index >= 15 is 0 Å². The third-order valence-corrected chi connectivity index (χ3v) is 4.86. The van der Waals surface area contributed by atoms with Crippen LogP contribution in [0.2, 0.25) is 0 Å². The molecular weight excluding hydrogens is 264 g/mol. The van der Waals surface area contributed by atoms with Gasteiger partial charge in [-0.25, -0.2) is 4.89 Å². The minimum Gasteiger partial charge on any atom is -0.359 e. The van der Waals surface area contributed by atoms with Crippen LogP contribution in [0, 0.1) is 5.41 Å². The number of benzene rings is 2. The summed E-state index contributed by atoms with van der Waals surface area (Å²) < 4.78 is 0. The third kappa shape index (κ3) is 1.85. The molecule has 0 bridgehead atoms. The Morgan fingerprint density at radius 3 is 1.71 bits per heavy atom. The Hall–Kier alpha value is -1.68. The minimum atomic E-state index is -1.50. The fourth-order valence-corrected chi connectivity index (χ4v) is 2.91. The van der Waals surface area contributed by atoms with E-state index < -0.39 is 16.8 Å². The van der Waals surface area contributed by atoms with E-state index in [0.29, 0.717) is 5.56 Å². The van der Waals surface area contributed by atoms with E-state index in [-0.39, 0.29) is 0 Å². The van der Waals surface area contributed by atoms with Crippen molar-refractivity contribution >= 4 is 0 Å². The lowest BCUT2D eigenvalue weighted by molar-refractivity contribution is -0.403. The van der Waals surface area contributed by atoms with E-state index in [1.807, 2.05) is 81.4 Å². The van der Waals surface area contributed by atoms with Crippen molar-refractivity contribution in [1.82, 2.24) is 0 Å². The quantitative estimate of drug-likeness (QED) is 0.854. The van der Waals surface area contributed by atoms with Crippen molar-refractivity contribution in [3.8, 4) is 0 Å². The molecule has 1 fully saturated rings. The second-order valence-electron chi connectivity index (χ2n) is 6.20. The van der Waals surface area contributed by atoms with Gasteiger partial charge in [0.2, 0.25) is 5.79 Å². The predicted octanol–water partition coefficient (Wildman–Crippen LogP) is 3.74. The first kappa shape index (κ1) is 14.3. The number of hydrogen-bond acceptors (Lipinski definition) is 3. The van der Waals surface area contributed by atoms with Crippen molar-refractivity contribution < 1.29 is 14.9 Å². The highest BCUT2D eigenvalue weighted by Crippen LogP contribution is 2.59. The van der Waals surface area contributed by atoms with E-state index in [0.717, 1.165) is 5.56 Å². The molecule has 0 saturated carbocycles. The van der Waals surface area contributed by atoms with E-state index in [1.54, 1.807) is 0 Å². The second-order valence-corrected chi connectivity index (χ2v) is 6.20.